The summed E-state index contributed by atoms with van der Waals surface area (Å²) in [6.07, 6.45) is 1.68. The summed E-state index contributed by atoms with van der Waals surface area (Å²) in [5, 5.41) is 0. The first-order chi connectivity index (χ1) is 16.9. The molecule has 0 saturated carbocycles. The Morgan fingerprint density at radius 1 is 1.14 bits per heavy atom. The number of rotatable bonds is 7. The molecule has 4 rings (SSSR count). The van der Waals surface area contributed by atoms with Crippen LogP contribution in [0.25, 0.3) is 6.08 Å². The second-order valence-electron chi connectivity index (χ2n) is 7.70. The van der Waals surface area contributed by atoms with Gasteiger partial charge in [-0.05, 0) is 62.2 Å². The minimum absolute atomic E-state index is 0.185. The number of carbonyl (C=O) groups excluding carboxylic acids is 1. The van der Waals surface area contributed by atoms with E-state index in [1.54, 1.807) is 57.4 Å². The van der Waals surface area contributed by atoms with Crippen LogP contribution in [-0.2, 0) is 9.53 Å². The van der Waals surface area contributed by atoms with Gasteiger partial charge in [-0.15, -0.1) is 0 Å². The minimum Gasteiger partial charge on any atom is -0.493 e. The van der Waals surface area contributed by atoms with E-state index in [1.165, 1.54) is 28.0 Å². The van der Waals surface area contributed by atoms with Crippen LogP contribution >= 0.6 is 11.3 Å². The van der Waals surface area contributed by atoms with Gasteiger partial charge in [0.1, 0.15) is 5.82 Å². The van der Waals surface area contributed by atoms with Crippen molar-refractivity contribution >= 4 is 23.4 Å². The van der Waals surface area contributed by atoms with E-state index < -0.39 is 12.0 Å². The summed E-state index contributed by atoms with van der Waals surface area (Å²) in [5.41, 5.74) is 1.77. The van der Waals surface area contributed by atoms with Gasteiger partial charge in [0, 0.05) is 0 Å². The molecule has 0 spiro atoms. The first-order valence-electron chi connectivity index (χ1n) is 11.1. The Kier molecular flexibility index (Phi) is 7.16. The van der Waals surface area contributed by atoms with Crippen LogP contribution in [0.3, 0.4) is 0 Å². The highest BCUT2D eigenvalue weighted by Gasteiger charge is 2.33. The zero-order chi connectivity index (χ0) is 25.1. The Hall–Kier alpha value is -3.72. The number of methoxy groups -OCH3 is 1. The van der Waals surface area contributed by atoms with Crippen LogP contribution in [0, 0.1) is 5.82 Å². The molecule has 1 atom stereocenters. The fraction of sp³-hybridized carbons (Fsp3) is 0.269. The molecule has 1 unspecified atom stereocenters. The van der Waals surface area contributed by atoms with Gasteiger partial charge in [-0.2, -0.15) is 0 Å². The fourth-order valence-electron chi connectivity index (χ4n) is 3.95. The van der Waals surface area contributed by atoms with E-state index in [-0.39, 0.29) is 23.6 Å². The number of esters is 1. The Morgan fingerprint density at radius 3 is 2.54 bits per heavy atom. The van der Waals surface area contributed by atoms with Crippen LogP contribution in [0.1, 0.15) is 37.9 Å². The van der Waals surface area contributed by atoms with Gasteiger partial charge in [0.2, 0.25) is 0 Å². The number of hydrogen-bond acceptors (Lipinski definition) is 7. The molecule has 0 N–H and O–H groups in total. The summed E-state index contributed by atoms with van der Waals surface area (Å²) in [4.78, 5) is 31.6. The lowest BCUT2D eigenvalue weighted by molar-refractivity contribution is -0.139. The van der Waals surface area contributed by atoms with Crippen molar-refractivity contribution < 1.29 is 23.4 Å². The topological polar surface area (TPSA) is 79.1 Å². The molecule has 0 aliphatic carbocycles. The highest BCUT2D eigenvalue weighted by molar-refractivity contribution is 7.07. The molecule has 0 amide bonds. The third kappa shape index (κ3) is 4.77. The molecule has 1 aliphatic heterocycles. The van der Waals surface area contributed by atoms with E-state index in [2.05, 4.69) is 4.99 Å². The van der Waals surface area contributed by atoms with Crippen molar-refractivity contribution in [2.75, 3.05) is 20.3 Å². The molecular formula is C26H25FN2O5S. The molecule has 0 saturated heterocycles. The maximum absolute atomic E-state index is 13.6. The number of hydrogen-bond donors (Lipinski definition) is 0. The average molecular weight is 497 g/mol. The van der Waals surface area contributed by atoms with Crippen molar-refractivity contribution in [2.24, 2.45) is 4.99 Å². The third-order valence-electron chi connectivity index (χ3n) is 5.49. The predicted octanol–water partition coefficient (Wildman–Crippen LogP) is 3.34. The Morgan fingerprint density at radius 2 is 1.89 bits per heavy atom. The number of ether oxygens (including phenoxy) is 3. The maximum Gasteiger partial charge on any atom is 0.338 e. The van der Waals surface area contributed by atoms with E-state index in [0.717, 1.165) is 0 Å². The van der Waals surface area contributed by atoms with Crippen LogP contribution in [0.2, 0.25) is 0 Å². The molecule has 0 bridgehead atoms. The van der Waals surface area contributed by atoms with Gasteiger partial charge < -0.3 is 14.2 Å². The molecule has 1 aromatic heterocycles. The van der Waals surface area contributed by atoms with Gasteiger partial charge in [-0.1, -0.05) is 29.5 Å². The van der Waals surface area contributed by atoms with Crippen LogP contribution in [0.15, 0.2) is 63.5 Å². The highest BCUT2D eigenvalue weighted by Crippen LogP contribution is 2.36. The molecule has 7 nitrogen and oxygen atoms in total. The number of halogens is 1. The average Bonchev–Trinajstić information content (AvgIpc) is 3.14. The molecular weight excluding hydrogens is 471 g/mol. The zero-order valence-electron chi connectivity index (χ0n) is 19.8. The SMILES string of the molecule is CCOC(=O)C1=C(C)N=c2s/c(=C\c3ccc(F)cc3)c(=O)n2C1c1ccc(OC)c(OCC)c1. The number of nitrogens with zero attached hydrogens (tertiary/aromatic N) is 2. The summed E-state index contributed by atoms with van der Waals surface area (Å²) < 4.78 is 31.7. The number of aromatic nitrogens is 1. The molecule has 9 heteroatoms. The van der Waals surface area contributed by atoms with Crippen molar-refractivity contribution in [2.45, 2.75) is 26.8 Å². The molecule has 35 heavy (non-hydrogen) atoms. The van der Waals surface area contributed by atoms with Gasteiger partial charge in [0.15, 0.2) is 16.3 Å². The maximum atomic E-state index is 13.6. The summed E-state index contributed by atoms with van der Waals surface area (Å²) in [5.74, 6) is 0.139. The van der Waals surface area contributed by atoms with E-state index >= 15 is 0 Å². The largest absolute Gasteiger partial charge is 0.493 e. The second kappa shape index (κ2) is 10.3. The lowest BCUT2D eigenvalue weighted by Crippen LogP contribution is -2.40. The van der Waals surface area contributed by atoms with Crippen molar-refractivity contribution in [3.05, 3.63) is 90.4 Å². The monoisotopic (exact) mass is 496 g/mol. The number of thiazole rings is 1. The normalized spacial score (nSPS) is 15.5. The van der Waals surface area contributed by atoms with Gasteiger partial charge in [0.05, 0.1) is 42.2 Å². The Labute approximate surface area is 205 Å². The van der Waals surface area contributed by atoms with Crippen LogP contribution in [0.5, 0.6) is 11.5 Å². The number of allylic oxidation sites excluding steroid dienone is 1. The van der Waals surface area contributed by atoms with Crippen molar-refractivity contribution in [1.29, 1.82) is 0 Å². The fourth-order valence-corrected chi connectivity index (χ4v) is 5.00. The Balaban J connectivity index is 1.96. The van der Waals surface area contributed by atoms with Crippen LogP contribution in [-0.4, -0.2) is 30.9 Å². The first kappa shape index (κ1) is 24.4. The molecule has 182 valence electrons. The number of fused-ring (bicyclic) bond motifs is 1. The van der Waals surface area contributed by atoms with Gasteiger partial charge >= 0.3 is 5.97 Å². The van der Waals surface area contributed by atoms with Gasteiger partial charge in [-0.25, -0.2) is 14.2 Å². The number of carbonyl (C=O) groups is 1. The van der Waals surface area contributed by atoms with E-state index in [9.17, 15) is 14.0 Å². The lowest BCUT2D eigenvalue weighted by Gasteiger charge is -2.25. The molecule has 2 heterocycles. The summed E-state index contributed by atoms with van der Waals surface area (Å²) in [7, 11) is 1.55. The highest BCUT2D eigenvalue weighted by atomic mass is 32.1. The van der Waals surface area contributed by atoms with Crippen LogP contribution in [0.4, 0.5) is 4.39 Å². The summed E-state index contributed by atoms with van der Waals surface area (Å²) in [6, 6.07) is 10.4. The van der Waals surface area contributed by atoms with E-state index in [0.29, 0.717) is 44.3 Å². The van der Waals surface area contributed by atoms with Gasteiger partial charge in [-0.3, -0.25) is 9.36 Å². The summed E-state index contributed by atoms with van der Waals surface area (Å²) in [6.45, 7) is 5.91. The first-order valence-corrected chi connectivity index (χ1v) is 12.0. The zero-order valence-corrected chi connectivity index (χ0v) is 20.6. The van der Waals surface area contributed by atoms with E-state index in [4.69, 9.17) is 14.2 Å². The quantitative estimate of drug-likeness (QED) is 0.469. The molecule has 0 fully saturated rings. The molecule has 1 aliphatic rings. The molecule has 2 aromatic carbocycles. The standard InChI is InChI=1S/C26H25FN2O5S/c1-5-33-20-14-17(9-12-19(20)32-4)23-22(25(31)34-6-2)15(3)28-26-29(23)24(30)21(35-26)13-16-7-10-18(27)11-8-16/h7-14,23H,5-6H2,1-4H3/b21-13-. The van der Waals surface area contributed by atoms with Crippen molar-refractivity contribution in [3.63, 3.8) is 0 Å². The lowest BCUT2D eigenvalue weighted by atomic mass is 9.95. The number of benzene rings is 2. The van der Waals surface area contributed by atoms with Crippen molar-refractivity contribution in [1.82, 2.24) is 4.57 Å². The predicted molar refractivity (Wildman–Crippen MR) is 131 cm³/mol. The van der Waals surface area contributed by atoms with Crippen LogP contribution < -0.4 is 24.4 Å². The summed E-state index contributed by atoms with van der Waals surface area (Å²) >= 11 is 1.20. The van der Waals surface area contributed by atoms with Gasteiger partial charge in [0.25, 0.3) is 5.56 Å². The smallest absolute Gasteiger partial charge is 0.338 e. The van der Waals surface area contributed by atoms with Crippen molar-refractivity contribution in [3.8, 4) is 11.5 Å². The van der Waals surface area contributed by atoms with E-state index in [1.807, 2.05) is 6.92 Å². The minimum atomic E-state index is -0.772. The Bertz CT molecular complexity index is 1470. The molecule has 3 aromatic rings. The third-order valence-corrected chi connectivity index (χ3v) is 6.47. The molecule has 0 radical (unpaired) electrons. The second-order valence-corrected chi connectivity index (χ2v) is 8.71.